The summed E-state index contributed by atoms with van der Waals surface area (Å²) < 4.78 is 44.8. The van der Waals surface area contributed by atoms with Crippen LogP contribution in [0.25, 0.3) is 11.3 Å². The predicted octanol–water partition coefficient (Wildman–Crippen LogP) is 4.87. The molecule has 0 bridgehead atoms. The van der Waals surface area contributed by atoms with Crippen molar-refractivity contribution < 1.29 is 22.4 Å². The lowest BCUT2D eigenvalue weighted by molar-refractivity contribution is -0.137. The van der Waals surface area contributed by atoms with E-state index in [0.29, 0.717) is 22.6 Å². The van der Waals surface area contributed by atoms with Crippen LogP contribution in [0, 0.1) is 0 Å². The molecule has 4 heterocycles. The first-order chi connectivity index (χ1) is 14.3. The Morgan fingerprint density at radius 2 is 2.03 bits per heavy atom. The highest BCUT2D eigenvalue weighted by molar-refractivity contribution is 7.16. The van der Waals surface area contributed by atoms with Gasteiger partial charge < -0.3 is 20.0 Å². The van der Waals surface area contributed by atoms with E-state index in [2.05, 4.69) is 22.6 Å². The second-order valence-electron chi connectivity index (χ2n) is 7.53. The van der Waals surface area contributed by atoms with Gasteiger partial charge in [-0.2, -0.15) is 13.2 Å². The molecule has 2 aromatic heterocycles. The van der Waals surface area contributed by atoms with Crippen molar-refractivity contribution in [3.63, 3.8) is 0 Å². The number of hydrogen-bond donors (Lipinski definition) is 2. The van der Waals surface area contributed by atoms with Crippen LogP contribution in [0.2, 0.25) is 0 Å². The summed E-state index contributed by atoms with van der Waals surface area (Å²) in [7, 11) is 2.05. The summed E-state index contributed by atoms with van der Waals surface area (Å²) in [6, 6.07) is 8.26. The Balaban J connectivity index is 1.42. The van der Waals surface area contributed by atoms with Gasteiger partial charge in [-0.3, -0.25) is 4.79 Å². The maximum absolute atomic E-state index is 13.0. The second kappa shape index (κ2) is 6.88. The summed E-state index contributed by atoms with van der Waals surface area (Å²) in [5, 5.41) is 7.02. The quantitative estimate of drug-likeness (QED) is 0.606. The molecule has 1 amide bonds. The SMILES string of the molecule is CN1CCc2c(sc3c2C(=O)N[C@H](c2ccc(-c4cccc(C(F)(F)F)c4)o2)N3)C1. The number of alkyl halides is 3. The van der Waals surface area contributed by atoms with E-state index in [1.54, 1.807) is 29.5 Å². The van der Waals surface area contributed by atoms with E-state index >= 15 is 0 Å². The molecule has 30 heavy (non-hydrogen) atoms. The van der Waals surface area contributed by atoms with Crippen LogP contribution < -0.4 is 10.6 Å². The van der Waals surface area contributed by atoms with E-state index in [9.17, 15) is 18.0 Å². The normalized spacial score (nSPS) is 19.1. The summed E-state index contributed by atoms with van der Waals surface area (Å²) >= 11 is 1.57. The number of likely N-dealkylation sites (N-methyl/N-ethyl adjacent to an activating group) is 1. The van der Waals surface area contributed by atoms with Gasteiger partial charge in [0, 0.05) is 23.5 Å². The largest absolute Gasteiger partial charge is 0.457 e. The van der Waals surface area contributed by atoms with Crippen LogP contribution >= 0.6 is 11.3 Å². The number of nitrogens with zero attached hydrogens (tertiary/aromatic N) is 1. The second-order valence-corrected chi connectivity index (χ2v) is 8.63. The van der Waals surface area contributed by atoms with Crippen LogP contribution in [0.15, 0.2) is 40.8 Å². The predicted molar refractivity (Wildman–Crippen MR) is 107 cm³/mol. The molecule has 3 aromatic rings. The van der Waals surface area contributed by atoms with Gasteiger partial charge in [0.25, 0.3) is 5.91 Å². The summed E-state index contributed by atoms with van der Waals surface area (Å²) in [5.41, 5.74) is 1.39. The molecule has 0 unspecified atom stereocenters. The van der Waals surface area contributed by atoms with Crippen molar-refractivity contribution in [1.29, 1.82) is 0 Å². The highest BCUT2D eigenvalue weighted by atomic mass is 32.1. The number of benzene rings is 1. The Bertz CT molecular complexity index is 1130. The first-order valence-corrected chi connectivity index (χ1v) is 10.3. The third-order valence-corrected chi connectivity index (χ3v) is 6.56. The Morgan fingerprint density at radius 1 is 1.20 bits per heavy atom. The van der Waals surface area contributed by atoms with Crippen LogP contribution in [-0.4, -0.2) is 24.4 Å². The van der Waals surface area contributed by atoms with Gasteiger partial charge in [0.2, 0.25) is 0 Å². The average Bonchev–Trinajstić information content (AvgIpc) is 3.32. The molecule has 0 radical (unpaired) electrons. The maximum Gasteiger partial charge on any atom is 0.416 e. The zero-order valence-corrected chi connectivity index (χ0v) is 16.8. The Kier molecular flexibility index (Phi) is 4.41. The van der Waals surface area contributed by atoms with Gasteiger partial charge in [-0.05, 0) is 43.3 Å². The molecule has 0 saturated heterocycles. The molecule has 0 spiro atoms. The van der Waals surface area contributed by atoms with Gasteiger partial charge in [0.05, 0.1) is 11.1 Å². The van der Waals surface area contributed by atoms with Crippen molar-refractivity contribution in [2.45, 2.75) is 25.3 Å². The molecule has 2 aliphatic rings. The number of anilines is 1. The standard InChI is InChI=1S/C21H18F3N3O2S/c1-27-8-7-13-16(10-27)30-20-17(13)19(28)25-18(26-20)15-6-5-14(29-15)11-3-2-4-12(9-11)21(22,23)24/h2-6,9,18,26H,7-8,10H2,1H3,(H,25,28)/t18-/m0/s1. The van der Waals surface area contributed by atoms with Crippen molar-refractivity contribution >= 4 is 22.2 Å². The molecule has 1 atom stereocenters. The maximum atomic E-state index is 13.0. The third-order valence-electron chi connectivity index (χ3n) is 5.41. The van der Waals surface area contributed by atoms with Crippen molar-refractivity contribution in [2.75, 3.05) is 18.9 Å². The summed E-state index contributed by atoms with van der Waals surface area (Å²) in [4.78, 5) is 16.2. The Morgan fingerprint density at radius 3 is 2.83 bits per heavy atom. The van der Waals surface area contributed by atoms with E-state index in [4.69, 9.17) is 4.42 Å². The third kappa shape index (κ3) is 3.27. The first-order valence-electron chi connectivity index (χ1n) is 9.47. The van der Waals surface area contributed by atoms with Crippen molar-refractivity contribution in [2.24, 2.45) is 0 Å². The number of hydrogen-bond acceptors (Lipinski definition) is 5. The average molecular weight is 433 g/mol. The molecular formula is C21H18F3N3O2S. The zero-order valence-electron chi connectivity index (χ0n) is 16.0. The van der Waals surface area contributed by atoms with Crippen LogP contribution in [0.4, 0.5) is 18.2 Å². The lowest BCUT2D eigenvalue weighted by Crippen LogP contribution is -2.38. The Hall–Kier alpha value is -2.78. The van der Waals surface area contributed by atoms with Gasteiger partial charge >= 0.3 is 6.18 Å². The zero-order chi connectivity index (χ0) is 21.0. The summed E-state index contributed by atoms with van der Waals surface area (Å²) in [5.74, 6) is 0.586. The van der Waals surface area contributed by atoms with Crippen LogP contribution in [0.1, 0.15) is 38.3 Å². The van der Waals surface area contributed by atoms with E-state index in [0.717, 1.165) is 42.2 Å². The molecular weight excluding hydrogens is 415 g/mol. The van der Waals surface area contributed by atoms with E-state index in [1.165, 1.54) is 10.9 Å². The van der Waals surface area contributed by atoms with Crippen LogP contribution in [0.3, 0.4) is 0 Å². The summed E-state index contributed by atoms with van der Waals surface area (Å²) in [6.07, 6.45) is -4.17. The van der Waals surface area contributed by atoms with Gasteiger partial charge in [0.15, 0.2) is 6.17 Å². The minimum Gasteiger partial charge on any atom is -0.457 e. The van der Waals surface area contributed by atoms with Gasteiger partial charge in [-0.15, -0.1) is 11.3 Å². The molecule has 5 rings (SSSR count). The smallest absolute Gasteiger partial charge is 0.416 e. The number of nitrogens with one attached hydrogen (secondary N) is 2. The van der Waals surface area contributed by atoms with E-state index in [-0.39, 0.29) is 5.91 Å². The molecule has 2 N–H and O–H groups in total. The van der Waals surface area contributed by atoms with E-state index < -0.39 is 17.9 Å². The van der Waals surface area contributed by atoms with E-state index in [1.807, 2.05) is 0 Å². The molecule has 0 saturated carbocycles. The Labute approximate surface area is 174 Å². The molecule has 2 aliphatic heterocycles. The molecule has 9 heteroatoms. The van der Waals surface area contributed by atoms with Crippen molar-refractivity contribution in [1.82, 2.24) is 10.2 Å². The molecule has 5 nitrogen and oxygen atoms in total. The van der Waals surface area contributed by atoms with Gasteiger partial charge in [-0.1, -0.05) is 12.1 Å². The number of rotatable bonds is 2. The number of halogens is 3. The molecule has 0 aliphatic carbocycles. The van der Waals surface area contributed by atoms with Crippen molar-refractivity contribution in [3.05, 3.63) is 63.7 Å². The number of amides is 1. The fourth-order valence-electron chi connectivity index (χ4n) is 3.90. The highest BCUT2D eigenvalue weighted by Gasteiger charge is 2.34. The first kappa shape index (κ1) is 19.2. The topological polar surface area (TPSA) is 57.5 Å². The highest BCUT2D eigenvalue weighted by Crippen LogP contribution is 2.41. The number of furan rings is 1. The minimum absolute atomic E-state index is 0.159. The fourth-order valence-corrected chi connectivity index (χ4v) is 5.25. The number of fused-ring (bicyclic) bond motifs is 3. The fraction of sp³-hybridized carbons (Fsp3) is 0.286. The molecule has 156 valence electrons. The van der Waals surface area contributed by atoms with Crippen molar-refractivity contribution in [3.8, 4) is 11.3 Å². The lowest BCUT2D eigenvalue weighted by atomic mass is 10.0. The molecule has 1 aromatic carbocycles. The van der Waals surface area contributed by atoms with Gasteiger partial charge in [-0.25, -0.2) is 0 Å². The molecule has 0 fully saturated rings. The number of thiophene rings is 1. The lowest BCUT2D eigenvalue weighted by Gasteiger charge is -2.26. The summed E-state index contributed by atoms with van der Waals surface area (Å²) in [6.45, 7) is 1.72. The van der Waals surface area contributed by atoms with Gasteiger partial charge in [0.1, 0.15) is 16.5 Å². The van der Waals surface area contributed by atoms with Crippen LogP contribution in [-0.2, 0) is 19.1 Å². The number of carbonyl (C=O) groups excluding carboxylic acids is 1. The minimum atomic E-state index is -4.42. The van der Waals surface area contributed by atoms with Crippen LogP contribution in [0.5, 0.6) is 0 Å². The monoisotopic (exact) mass is 433 g/mol. The number of carbonyl (C=O) groups is 1.